The van der Waals surface area contributed by atoms with E-state index in [1.54, 1.807) is 0 Å². The largest absolute Gasteiger partial charge is 0.481 e. The predicted octanol–water partition coefficient (Wildman–Crippen LogP) is 1.66. The molecule has 0 aromatic carbocycles. The average molecular weight is 225 g/mol. The molecule has 16 heavy (non-hydrogen) atoms. The second-order valence-electron chi connectivity index (χ2n) is 4.33. The fourth-order valence-electron chi connectivity index (χ4n) is 1.36. The van der Waals surface area contributed by atoms with E-state index in [4.69, 9.17) is 10.8 Å². The molecule has 0 saturated carbocycles. The van der Waals surface area contributed by atoms with Gasteiger partial charge in [0.1, 0.15) is 12.2 Å². The van der Waals surface area contributed by atoms with Crippen molar-refractivity contribution < 1.29 is 14.7 Å². The van der Waals surface area contributed by atoms with Crippen molar-refractivity contribution in [2.45, 2.75) is 39.2 Å². The van der Waals surface area contributed by atoms with Gasteiger partial charge in [0.2, 0.25) is 0 Å². The number of ketones is 1. The number of nitrogens with two attached hydrogens (primary N) is 1. The van der Waals surface area contributed by atoms with E-state index in [1.165, 1.54) is 12.5 Å². The van der Waals surface area contributed by atoms with E-state index in [2.05, 4.69) is 13.0 Å². The molecule has 1 rings (SSSR count). The number of hydrogen-bond acceptors (Lipinski definition) is 3. The van der Waals surface area contributed by atoms with Crippen LogP contribution in [0.1, 0.15) is 33.6 Å². The maximum Gasteiger partial charge on any atom is 0.310 e. The minimum atomic E-state index is -1.06. The van der Waals surface area contributed by atoms with Crippen LogP contribution in [-0.4, -0.2) is 22.4 Å². The molecule has 0 saturated heterocycles. The number of hydrogen-bond donors (Lipinski definition) is 2. The summed E-state index contributed by atoms with van der Waals surface area (Å²) in [5.74, 6) is -1.37. The number of allylic oxidation sites excluding steroid dienone is 2. The van der Waals surface area contributed by atoms with Crippen LogP contribution in [0, 0.1) is 0 Å². The van der Waals surface area contributed by atoms with Crippen molar-refractivity contribution in [3.05, 3.63) is 23.8 Å². The van der Waals surface area contributed by atoms with Crippen molar-refractivity contribution in [2.24, 2.45) is 5.73 Å². The minimum absolute atomic E-state index is 0.0984. The molecular weight excluding hydrogens is 206 g/mol. The SMILES string of the molecule is CC(=O)CC(=O)O.CC1=CC=CC(C)(N)C1. The van der Waals surface area contributed by atoms with Crippen molar-refractivity contribution in [2.75, 3.05) is 0 Å². The van der Waals surface area contributed by atoms with E-state index in [-0.39, 0.29) is 17.7 Å². The summed E-state index contributed by atoms with van der Waals surface area (Å²) in [6, 6.07) is 0. The van der Waals surface area contributed by atoms with Crippen LogP contribution in [0.5, 0.6) is 0 Å². The minimum Gasteiger partial charge on any atom is -0.481 e. The number of rotatable bonds is 2. The van der Waals surface area contributed by atoms with E-state index in [0.717, 1.165) is 6.42 Å². The number of carboxylic acid groups (broad SMARTS) is 1. The average Bonchev–Trinajstić information content (AvgIpc) is 1.98. The van der Waals surface area contributed by atoms with Gasteiger partial charge < -0.3 is 10.8 Å². The van der Waals surface area contributed by atoms with Crippen molar-refractivity contribution in [3.8, 4) is 0 Å². The Labute approximate surface area is 95.8 Å². The number of carbonyl (C=O) groups excluding carboxylic acids is 1. The molecule has 0 aromatic heterocycles. The van der Waals surface area contributed by atoms with Crippen molar-refractivity contribution >= 4 is 11.8 Å². The van der Waals surface area contributed by atoms with Crippen LogP contribution in [0.3, 0.4) is 0 Å². The third-order valence-electron chi connectivity index (χ3n) is 1.92. The molecule has 4 heteroatoms. The molecule has 0 amide bonds. The first-order valence-corrected chi connectivity index (χ1v) is 5.08. The molecule has 1 aliphatic carbocycles. The Balaban J connectivity index is 0.000000293. The highest BCUT2D eigenvalue weighted by molar-refractivity contribution is 5.93. The molecule has 0 aliphatic heterocycles. The number of Topliss-reactive ketones (excluding diaryl/α,β-unsaturated/α-hetero) is 1. The zero-order valence-electron chi connectivity index (χ0n) is 9.99. The van der Waals surface area contributed by atoms with E-state index in [1.807, 2.05) is 19.1 Å². The zero-order chi connectivity index (χ0) is 12.8. The lowest BCUT2D eigenvalue weighted by Gasteiger charge is -2.22. The topological polar surface area (TPSA) is 80.4 Å². The van der Waals surface area contributed by atoms with Crippen molar-refractivity contribution in [1.29, 1.82) is 0 Å². The number of carboxylic acids is 1. The van der Waals surface area contributed by atoms with E-state index >= 15 is 0 Å². The molecule has 0 heterocycles. The fraction of sp³-hybridized carbons (Fsp3) is 0.500. The highest BCUT2D eigenvalue weighted by Crippen LogP contribution is 2.18. The quantitative estimate of drug-likeness (QED) is 0.700. The fourth-order valence-corrected chi connectivity index (χ4v) is 1.36. The lowest BCUT2D eigenvalue weighted by molar-refractivity contribution is -0.139. The van der Waals surface area contributed by atoms with Gasteiger partial charge in [0.05, 0.1) is 0 Å². The summed E-state index contributed by atoms with van der Waals surface area (Å²) in [4.78, 5) is 19.5. The first kappa shape index (κ1) is 14.6. The third-order valence-corrected chi connectivity index (χ3v) is 1.92. The van der Waals surface area contributed by atoms with Gasteiger partial charge in [-0.3, -0.25) is 9.59 Å². The maximum atomic E-state index is 9.87. The zero-order valence-corrected chi connectivity index (χ0v) is 9.99. The second kappa shape index (κ2) is 6.23. The normalized spacial score (nSPS) is 22.9. The Hall–Kier alpha value is -1.42. The first-order chi connectivity index (χ1) is 7.23. The van der Waals surface area contributed by atoms with Crippen molar-refractivity contribution in [1.82, 2.24) is 0 Å². The molecule has 90 valence electrons. The Bertz CT molecular complexity index is 315. The number of carbonyl (C=O) groups is 2. The molecule has 0 spiro atoms. The van der Waals surface area contributed by atoms with Crippen LogP contribution in [0.2, 0.25) is 0 Å². The molecule has 0 aromatic rings. The molecule has 3 N–H and O–H groups in total. The van der Waals surface area contributed by atoms with Gasteiger partial charge in [-0.05, 0) is 27.2 Å². The Morgan fingerprint density at radius 3 is 2.31 bits per heavy atom. The van der Waals surface area contributed by atoms with Gasteiger partial charge in [0.25, 0.3) is 0 Å². The van der Waals surface area contributed by atoms with Gasteiger partial charge in [-0.15, -0.1) is 0 Å². The highest BCUT2D eigenvalue weighted by atomic mass is 16.4. The van der Waals surface area contributed by atoms with Crippen LogP contribution in [0.15, 0.2) is 23.8 Å². The van der Waals surface area contributed by atoms with Gasteiger partial charge >= 0.3 is 5.97 Å². The van der Waals surface area contributed by atoms with E-state index in [0.29, 0.717) is 0 Å². The highest BCUT2D eigenvalue weighted by Gasteiger charge is 2.16. The molecule has 1 atom stereocenters. The summed E-state index contributed by atoms with van der Waals surface area (Å²) >= 11 is 0. The van der Waals surface area contributed by atoms with Gasteiger partial charge in [0, 0.05) is 5.54 Å². The van der Waals surface area contributed by atoms with Gasteiger partial charge in [0.15, 0.2) is 0 Å². The monoisotopic (exact) mass is 225 g/mol. The van der Waals surface area contributed by atoms with Crippen LogP contribution in [0.4, 0.5) is 0 Å². The van der Waals surface area contributed by atoms with Crippen LogP contribution < -0.4 is 5.73 Å². The summed E-state index contributed by atoms with van der Waals surface area (Å²) in [7, 11) is 0. The smallest absolute Gasteiger partial charge is 0.310 e. The van der Waals surface area contributed by atoms with Gasteiger partial charge in [-0.2, -0.15) is 0 Å². The van der Waals surface area contributed by atoms with Crippen LogP contribution in [0.25, 0.3) is 0 Å². The molecule has 0 bridgehead atoms. The molecule has 1 aliphatic rings. The molecule has 0 fully saturated rings. The molecule has 0 radical (unpaired) electrons. The standard InChI is InChI=1S/C8H13N.C4H6O3/c1-7-4-3-5-8(2,9)6-7;1-3(5)2-4(6)7/h3-5H,6,9H2,1-2H3;2H2,1H3,(H,6,7). The maximum absolute atomic E-state index is 9.87. The lowest BCUT2D eigenvalue weighted by Crippen LogP contribution is -2.34. The summed E-state index contributed by atoms with van der Waals surface area (Å²) in [5, 5.41) is 7.86. The van der Waals surface area contributed by atoms with Crippen LogP contribution in [-0.2, 0) is 9.59 Å². The summed E-state index contributed by atoms with van der Waals surface area (Å²) in [5.41, 5.74) is 7.11. The predicted molar refractivity (Wildman–Crippen MR) is 63.0 cm³/mol. The molecule has 1 unspecified atom stereocenters. The van der Waals surface area contributed by atoms with Crippen molar-refractivity contribution in [3.63, 3.8) is 0 Å². The third kappa shape index (κ3) is 7.94. The van der Waals surface area contributed by atoms with Crippen LogP contribution >= 0.6 is 0 Å². The lowest BCUT2D eigenvalue weighted by atomic mass is 9.90. The van der Waals surface area contributed by atoms with E-state index in [9.17, 15) is 9.59 Å². The number of aliphatic carboxylic acids is 1. The second-order valence-corrected chi connectivity index (χ2v) is 4.33. The first-order valence-electron chi connectivity index (χ1n) is 5.08. The molecular formula is C12H19NO3. The summed E-state index contributed by atoms with van der Waals surface area (Å²) in [6.07, 6.45) is 6.80. The summed E-state index contributed by atoms with van der Waals surface area (Å²) in [6.45, 7) is 5.39. The van der Waals surface area contributed by atoms with Gasteiger partial charge in [-0.1, -0.05) is 23.8 Å². The molecule has 4 nitrogen and oxygen atoms in total. The Kier molecular flexibility index (Phi) is 5.67. The summed E-state index contributed by atoms with van der Waals surface area (Å²) < 4.78 is 0. The van der Waals surface area contributed by atoms with E-state index < -0.39 is 5.97 Å². The Morgan fingerprint density at radius 1 is 1.56 bits per heavy atom. The van der Waals surface area contributed by atoms with Gasteiger partial charge in [-0.25, -0.2) is 0 Å². The Morgan fingerprint density at radius 2 is 2.12 bits per heavy atom.